The van der Waals surface area contributed by atoms with Gasteiger partial charge in [-0.25, -0.2) is 4.98 Å². The highest BCUT2D eigenvalue weighted by atomic mass is 79.9. The molecule has 31 heavy (non-hydrogen) atoms. The number of nitrogens with two attached hydrogens (primary N) is 1. The Bertz CT molecular complexity index is 1280. The van der Waals surface area contributed by atoms with E-state index in [1.807, 2.05) is 13.0 Å². The van der Waals surface area contributed by atoms with Gasteiger partial charge in [-0.05, 0) is 54.2 Å². The summed E-state index contributed by atoms with van der Waals surface area (Å²) in [6.07, 6.45) is -3.88. The zero-order valence-electron chi connectivity index (χ0n) is 16.9. The number of halogens is 4. The van der Waals surface area contributed by atoms with Gasteiger partial charge in [0.2, 0.25) is 0 Å². The van der Waals surface area contributed by atoms with Crippen LogP contribution in [0, 0.1) is 25.2 Å². The Kier molecular flexibility index (Phi) is 5.04. The molecule has 0 aliphatic carbocycles. The topological polar surface area (TPSA) is 86.1 Å². The van der Waals surface area contributed by atoms with Crippen LogP contribution in [0.5, 0.6) is 11.5 Å². The molecular formula is C21H18BrF3N4O2. The Morgan fingerprint density at radius 3 is 2.68 bits per heavy atom. The minimum atomic E-state index is -4.77. The highest BCUT2D eigenvalue weighted by Crippen LogP contribution is 2.47. The fourth-order valence-electron chi connectivity index (χ4n) is 4.20. The zero-order chi connectivity index (χ0) is 22.7. The summed E-state index contributed by atoms with van der Waals surface area (Å²) in [5.74, 6) is 0.631. The highest BCUT2D eigenvalue weighted by molar-refractivity contribution is 9.10. The van der Waals surface area contributed by atoms with Gasteiger partial charge in [0, 0.05) is 5.56 Å². The largest absolute Gasteiger partial charge is 0.495 e. The third-order valence-corrected chi connectivity index (χ3v) is 6.00. The molecule has 162 valence electrons. The van der Waals surface area contributed by atoms with Crippen molar-refractivity contribution in [2.45, 2.75) is 32.9 Å². The molecule has 0 fully saturated rings. The summed E-state index contributed by atoms with van der Waals surface area (Å²) in [6.45, 7) is 3.93. The van der Waals surface area contributed by atoms with Gasteiger partial charge in [0.15, 0.2) is 11.4 Å². The fourth-order valence-corrected chi connectivity index (χ4v) is 5.00. The van der Waals surface area contributed by atoms with Gasteiger partial charge in [-0.15, -0.1) is 0 Å². The van der Waals surface area contributed by atoms with Crippen molar-refractivity contribution in [1.29, 1.82) is 5.26 Å². The SMILES string of the molecule is COc1c(Br)cc(C)c(-n2c(N)c(C#N)c3c(C(F)(F)F)nc4c(c32)OCCC4)c1C. The molecule has 0 radical (unpaired) electrons. The van der Waals surface area contributed by atoms with Gasteiger partial charge in [-0.2, -0.15) is 18.4 Å². The molecule has 0 saturated carbocycles. The van der Waals surface area contributed by atoms with E-state index in [4.69, 9.17) is 15.2 Å². The lowest BCUT2D eigenvalue weighted by molar-refractivity contribution is -0.139. The molecule has 0 bridgehead atoms. The summed E-state index contributed by atoms with van der Waals surface area (Å²) in [7, 11) is 1.50. The van der Waals surface area contributed by atoms with Crippen LogP contribution in [0.3, 0.4) is 0 Å². The molecule has 0 atom stereocenters. The molecule has 3 aromatic rings. The first-order valence-corrected chi connectivity index (χ1v) is 10.2. The van der Waals surface area contributed by atoms with Crippen LogP contribution in [0.15, 0.2) is 10.5 Å². The third-order valence-electron chi connectivity index (χ3n) is 5.41. The number of ether oxygens (including phenoxy) is 2. The maximum Gasteiger partial charge on any atom is 0.434 e. The quantitative estimate of drug-likeness (QED) is 0.528. The van der Waals surface area contributed by atoms with Crippen LogP contribution in [0.4, 0.5) is 19.0 Å². The number of nitrogen functional groups attached to an aromatic ring is 1. The van der Waals surface area contributed by atoms with Crippen LogP contribution < -0.4 is 15.2 Å². The molecular weight excluding hydrogens is 477 g/mol. The Morgan fingerprint density at radius 1 is 1.35 bits per heavy atom. The van der Waals surface area contributed by atoms with Gasteiger partial charge in [-0.1, -0.05) is 0 Å². The first-order valence-electron chi connectivity index (χ1n) is 9.42. The van der Waals surface area contributed by atoms with Crippen molar-refractivity contribution < 1.29 is 22.6 Å². The smallest absolute Gasteiger partial charge is 0.434 e. The van der Waals surface area contributed by atoms with Crippen molar-refractivity contribution in [2.24, 2.45) is 0 Å². The average molecular weight is 495 g/mol. The predicted molar refractivity (Wildman–Crippen MR) is 113 cm³/mol. The Hall–Kier alpha value is -2.93. The number of rotatable bonds is 2. The van der Waals surface area contributed by atoms with Gasteiger partial charge in [-0.3, -0.25) is 4.57 Å². The molecule has 0 unspecified atom stereocenters. The molecule has 0 amide bonds. The summed E-state index contributed by atoms with van der Waals surface area (Å²) in [6, 6.07) is 3.63. The first-order chi connectivity index (χ1) is 14.6. The lowest BCUT2D eigenvalue weighted by Gasteiger charge is -2.23. The third kappa shape index (κ3) is 3.10. The van der Waals surface area contributed by atoms with Crippen LogP contribution in [0.25, 0.3) is 16.6 Å². The van der Waals surface area contributed by atoms with Gasteiger partial charge in [0.1, 0.15) is 28.7 Å². The minimum Gasteiger partial charge on any atom is -0.495 e. The number of benzene rings is 1. The standard InChI is InChI=1S/C21H18BrF3N4O2/c1-9-7-12(22)17(30-3)10(2)15(9)29-16-14(11(8-26)20(29)27)19(21(23,24)25)28-13-5-4-6-31-18(13)16/h7H,4-6,27H2,1-3H3. The number of hydrogen-bond donors (Lipinski definition) is 1. The van der Waals surface area contributed by atoms with Crippen LogP contribution in [0.2, 0.25) is 0 Å². The molecule has 10 heteroatoms. The summed E-state index contributed by atoms with van der Waals surface area (Å²) in [5.41, 5.74) is 7.10. The van der Waals surface area contributed by atoms with Crippen molar-refractivity contribution in [3.05, 3.63) is 38.6 Å². The van der Waals surface area contributed by atoms with Gasteiger partial charge >= 0.3 is 6.18 Å². The van der Waals surface area contributed by atoms with Crippen molar-refractivity contribution in [3.63, 3.8) is 0 Å². The van der Waals surface area contributed by atoms with Crippen LogP contribution >= 0.6 is 15.9 Å². The second-order valence-corrected chi connectivity index (χ2v) is 8.15. The maximum absolute atomic E-state index is 14.0. The van der Waals surface area contributed by atoms with E-state index in [-0.39, 0.29) is 33.7 Å². The number of aryl methyl sites for hydroxylation is 2. The molecule has 1 aliphatic rings. The van der Waals surface area contributed by atoms with E-state index in [1.165, 1.54) is 11.7 Å². The van der Waals surface area contributed by atoms with E-state index in [9.17, 15) is 18.4 Å². The van der Waals surface area contributed by atoms with Gasteiger partial charge in [0.25, 0.3) is 0 Å². The highest BCUT2D eigenvalue weighted by Gasteiger charge is 2.40. The Morgan fingerprint density at radius 2 is 2.06 bits per heavy atom. The second kappa shape index (κ2) is 7.34. The monoisotopic (exact) mass is 494 g/mol. The summed E-state index contributed by atoms with van der Waals surface area (Å²) in [4.78, 5) is 3.86. The number of methoxy groups -OCH3 is 1. The molecule has 1 aliphatic heterocycles. The first kappa shape index (κ1) is 21.3. The van der Waals surface area contributed by atoms with Crippen LogP contribution in [-0.2, 0) is 12.6 Å². The number of hydrogen-bond acceptors (Lipinski definition) is 5. The van der Waals surface area contributed by atoms with Gasteiger partial charge < -0.3 is 15.2 Å². The number of nitrogens with zero attached hydrogens (tertiary/aromatic N) is 3. The Balaban J connectivity index is 2.27. The number of aromatic nitrogens is 2. The average Bonchev–Trinajstić information content (AvgIpc) is 2.99. The summed E-state index contributed by atoms with van der Waals surface area (Å²) < 4.78 is 55.4. The fraction of sp³-hybridized carbons (Fsp3) is 0.333. The van der Waals surface area contributed by atoms with E-state index >= 15 is 0 Å². The number of fused-ring (bicyclic) bond motifs is 3. The number of anilines is 1. The lowest BCUT2D eigenvalue weighted by atomic mass is 10.1. The van der Waals surface area contributed by atoms with Crippen molar-refractivity contribution in [2.75, 3.05) is 19.5 Å². The Labute approximate surface area is 184 Å². The molecule has 3 heterocycles. The second-order valence-electron chi connectivity index (χ2n) is 7.30. The normalized spacial score (nSPS) is 13.6. The summed E-state index contributed by atoms with van der Waals surface area (Å²) in [5, 5.41) is 9.39. The number of nitriles is 1. The lowest BCUT2D eigenvalue weighted by Crippen LogP contribution is -2.17. The number of pyridine rings is 1. The van der Waals surface area contributed by atoms with E-state index in [0.717, 1.165) is 5.56 Å². The minimum absolute atomic E-state index is 0.0988. The molecule has 1 aromatic carbocycles. The zero-order valence-corrected chi connectivity index (χ0v) is 18.5. The van der Waals surface area contributed by atoms with Crippen molar-refractivity contribution in [3.8, 4) is 23.3 Å². The molecule has 0 saturated heterocycles. The molecule has 6 nitrogen and oxygen atoms in total. The van der Waals surface area contributed by atoms with Crippen LogP contribution in [-0.4, -0.2) is 23.3 Å². The molecule has 2 aromatic heterocycles. The molecule has 2 N–H and O–H groups in total. The van der Waals surface area contributed by atoms with Crippen LogP contribution in [0.1, 0.15) is 34.5 Å². The number of alkyl halides is 3. The summed E-state index contributed by atoms with van der Waals surface area (Å²) >= 11 is 3.45. The van der Waals surface area contributed by atoms with E-state index in [1.54, 1.807) is 13.0 Å². The van der Waals surface area contributed by atoms with E-state index in [2.05, 4.69) is 20.9 Å². The van der Waals surface area contributed by atoms with Crippen molar-refractivity contribution in [1.82, 2.24) is 9.55 Å². The predicted octanol–water partition coefficient (Wildman–Crippen LogP) is 5.21. The van der Waals surface area contributed by atoms with E-state index < -0.39 is 11.9 Å². The van der Waals surface area contributed by atoms with Gasteiger partial charge in [0.05, 0.1) is 35.0 Å². The van der Waals surface area contributed by atoms with Crippen molar-refractivity contribution >= 4 is 32.7 Å². The van der Waals surface area contributed by atoms with E-state index in [0.29, 0.717) is 40.9 Å². The molecule has 4 rings (SSSR count). The maximum atomic E-state index is 14.0. The molecule has 0 spiro atoms.